The van der Waals surface area contributed by atoms with Crippen molar-refractivity contribution in [1.29, 1.82) is 0 Å². The summed E-state index contributed by atoms with van der Waals surface area (Å²) in [5, 5.41) is 5.12. The summed E-state index contributed by atoms with van der Waals surface area (Å²) in [5.41, 5.74) is 1.84. The summed E-state index contributed by atoms with van der Waals surface area (Å²) in [6.45, 7) is 2.98. The monoisotopic (exact) mass is 491 g/mol. The van der Waals surface area contributed by atoms with Crippen molar-refractivity contribution in [1.82, 2.24) is 9.62 Å². The SMILES string of the molecule is Cc1ccc(S(=O)(=O)N2CCC(NC(=O)C3CC(=O)N(c4cccc5ccccc45)C3)CC2)cc1. The lowest BCUT2D eigenvalue weighted by Gasteiger charge is -2.32. The molecule has 1 N–H and O–H groups in total. The number of piperidine rings is 1. The molecule has 2 aliphatic heterocycles. The number of aryl methyl sites for hydroxylation is 1. The molecule has 2 aliphatic rings. The zero-order valence-corrected chi connectivity index (χ0v) is 20.5. The molecule has 0 aliphatic carbocycles. The number of hydrogen-bond acceptors (Lipinski definition) is 4. The molecule has 2 fully saturated rings. The van der Waals surface area contributed by atoms with Crippen molar-refractivity contribution < 1.29 is 18.0 Å². The fourth-order valence-electron chi connectivity index (χ4n) is 4.98. The van der Waals surface area contributed by atoms with E-state index in [1.165, 1.54) is 4.31 Å². The van der Waals surface area contributed by atoms with Crippen molar-refractivity contribution in [3.63, 3.8) is 0 Å². The molecule has 0 bridgehead atoms. The maximum Gasteiger partial charge on any atom is 0.243 e. The van der Waals surface area contributed by atoms with E-state index in [1.54, 1.807) is 29.2 Å². The number of carbonyl (C=O) groups excluding carboxylic acids is 2. The van der Waals surface area contributed by atoms with Gasteiger partial charge in [0.1, 0.15) is 0 Å². The van der Waals surface area contributed by atoms with Crippen molar-refractivity contribution in [3.05, 3.63) is 72.3 Å². The van der Waals surface area contributed by atoms with Crippen molar-refractivity contribution in [2.24, 2.45) is 5.92 Å². The Morgan fingerprint density at radius 1 is 0.943 bits per heavy atom. The standard InChI is InChI=1S/C27H29N3O4S/c1-19-9-11-23(12-10-19)35(33,34)29-15-13-22(14-16-29)28-27(32)21-17-26(31)30(18-21)25-8-4-6-20-5-2-3-7-24(20)25/h2-12,21-22H,13-18H2,1H3,(H,28,32). The number of anilines is 1. The minimum absolute atomic E-state index is 0.0551. The molecule has 182 valence electrons. The highest BCUT2D eigenvalue weighted by atomic mass is 32.2. The highest BCUT2D eigenvalue weighted by molar-refractivity contribution is 7.89. The Morgan fingerprint density at radius 3 is 2.37 bits per heavy atom. The van der Waals surface area contributed by atoms with Gasteiger partial charge in [0.05, 0.1) is 16.5 Å². The summed E-state index contributed by atoms with van der Waals surface area (Å²) in [7, 11) is -3.54. The van der Waals surface area contributed by atoms with Crippen LogP contribution < -0.4 is 10.2 Å². The van der Waals surface area contributed by atoms with Crippen molar-refractivity contribution in [3.8, 4) is 0 Å². The third-order valence-corrected chi connectivity index (χ3v) is 8.93. The Hall–Kier alpha value is -3.23. The number of amides is 2. The number of fused-ring (bicyclic) bond motifs is 1. The van der Waals surface area contributed by atoms with Gasteiger partial charge in [0, 0.05) is 37.5 Å². The van der Waals surface area contributed by atoms with Crippen LogP contribution in [0.3, 0.4) is 0 Å². The Bertz CT molecular complexity index is 1360. The highest BCUT2D eigenvalue weighted by Crippen LogP contribution is 2.32. The van der Waals surface area contributed by atoms with Crippen LogP contribution in [-0.4, -0.2) is 50.2 Å². The van der Waals surface area contributed by atoms with Crippen molar-refractivity contribution >= 4 is 38.3 Å². The molecule has 3 aromatic carbocycles. The minimum atomic E-state index is -3.54. The number of rotatable bonds is 5. The number of hydrogen-bond donors (Lipinski definition) is 1. The average molecular weight is 492 g/mol. The summed E-state index contributed by atoms with van der Waals surface area (Å²) >= 11 is 0. The lowest BCUT2D eigenvalue weighted by Crippen LogP contribution is -2.48. The maximum absolute atomic E-state index is 13.0. The lowest BCUT2D eigenvalue weighted by atomic mass is 10.0. The quantitative estimate of drug-likeness (QED) is 0.592. The summed E-state index contributed by atoms with van der Waals surface area (Å²) in [5.74, 6) is -0.614. The second-order valence-electron chi connectivity index (χ2n) is 9.40. The van der Waals surface area contributed by atoms with E-state index in [0.29, 0.717) is 37.4 Å². The summed E-state index contributed by atoms with van der Waals surface area (Å²) < 4.78 is 27.4. The third kappa shape index (κ3) is 4.68. The molecular weight excluding hydrogens is 462 g/mol. The van der Waals surface area contributed by atoms with E-state index in [0.717, 1.165) is 22.0 Å². The number of benzene rings is 3. The van der Waals surface area contributed by atoms with Crippen LogP contribution in [-0.2, 0) is 19.6 Å². The second-order valence-corrected chi connectivity index (χ2v) is 11.3. The Morgan fingerprint density at radius 2 is 1.63 bits per heavy atom. The van der Waals surface area contributed by atoms with Crippen LogP contribution in [0.15, 0.2) is 71.6 Å². The first-order valence-corrected chi connectivity index (χ1v) is 13.4. The summed E-state index contributed by atoms with van der Waals surface area (Å²) in [6, 6.07) is 20.5. The molecule has 2 amide bonds. The Balaban J connectivity index is 1.20. The van der Waals surface area contributed by atoms with E-state index in [-0.39, 0.29) is 24.3 Å². The largest absolute Gasteiger partial charge is 0.353 e. The fourth-order valence-corrected chi connectivity index (χ4v) is 6.45. The van der Waals surface area contributed by atoms with Gasteiger partial charge >= 0.3 is 0 Å². The van der Waals surface area contributed by atoms with E-state index < -0.39 is 15.9 Å². The van der Waals surface area contributed by atoms with E-state index in [2.05, 4.69) is 5.32 Å². The first-order valence-electron chi connectivity index (χ1n) is 12.0. The number of nitrogens with zero attached hydrogens (tertiary/aromatic N) is 2. The van der Waals surface area contributed by atoms with Gasteiger partial charge in [-0.15, -0.1) is 0 Å². The topological polar surface area (TPSA) is 86.8 Å². The molecule has 0 aromatic heterocycles. The molecule has 0 spiro atoms. The van der Waals surface area contributed by atoms with Crippen LogP contribution in [0.25, 0.3) is 10.8 Å². The Kier molecular flexibility index (Phi) is 6.34. The van der Waals surface area contributed by atoms with E-state index in [1.807, 2.05) is 49.4 Å². The first-order chi connectivity index (χ1) is 16.8. The lowest BCUT2D eigenvalue weighted by molar-refractivity contribution is -0.127. The van der Waals surface area contributed by atoms with Gasteiger partial charge in [0.15, 0.2) is 0 Å². The summed E-state index contributed by atoms with van der Waals surface area (Å²) in [4.78, 5) is 27.8. The summed E-state index contributed by atoms with van der Waals surface area (Å²) in [6.07, 6.45) is 1.27. The molecule has 1 unspecified atom stereocenters. The molecule has 0 saturated carbocycles. The molecule has 5 rings (SSSR count). The van der Waals surface area contributed by atoms with Gasteiger partial charge in [0.25, 0.3) is 0 Å². The van der Waals surface area contributed by atoms with Gasteiger partial charge in [-0.05, 0) is 43.4 Å². The first kappa shape index (κ1) is 23.5. The average Bonchev–Trinajstić information content (AvgIpc) is 3.26. The number of nitrogens with one attached hydrogen (secondary N) is 1. The zero-order valence-electron chi connectivity index (χ0n) is 19.7. The van der Waals surface area contributed by atoms with Crippen LogP contribution in [0.4, 0.5) is 5.69 Å². The van der Waals surface area contributed by atoms with E-state index in [4.69, 9.17) is 0 Å². The normalized spacial score (nSPS) is 19.9. The highest BCUT2D eigenvalue weighted by Gasteiger charge is 2.37. The predicted octanol–water partition coefficient (Wildman–Crippen LogP) is 3.47. The Labute approximate surface area is 205 Å². The molecule has 0 radical (unpaired) electrons. The maximum atomic E-state index is 13.0. The molecule has 8 heteroatoms. The van der Waals surface area contributed by atoms with Gasteiger partial charge in [0.2, 0.25) is 21.8 Å². The van der Waals surface area contributed by atoms with Crippen LogP contribution >= 0.6 is 0 Å². The van der Waals surface area contributed by atoms with Gasteiger partial charge < -0.3 is 10.2 Å². The van der Waals surface area contributed by atoms with Gasteiger partial charge in [-0.25, -0.2) is 8.42 Å². The van der Waals surface area contributed by atoms with Crippen LogP contribution in [0.2, 0.25) is 0 Å². The molecule has 7 nitrogen and oxygen atoms in total. The van der Waals surface area contributed by atoms with Gasteiger partial charge in [-0.2, -0.15) is 4.31 Å². The van der Waals surface area contributed by atoms with E-state index in [9.17, 15) is 18.0 Å². The van der Waals surface area contributed by atoms with Crippen molar-refractivity contribution in [2.45, 2.75) is 37.1 Å². The molecule has 2 heterocycles. The van der Waals surface area contributed by atoms with Crippen molar-refractivity contribution in [2.75, 3.05) is 24.5 Å². The molecule has 3 aromatic rings. The number of sulfonamides is 1. The van der Waals surface area contributed by atoms with Crippen LogP contribution in [0.5, 0.6) is 0 Å². The molecule has 35 heavy (non-hydrogen) atoms. The zero-order chi connectivity index (χ0) is 24.6. The smallest absolute Gasteiger partial charge is 0.243 e. The number of carbonyl (C=O) groups is 2. The molecular formula is C27H29N3O4S. The predicted molar refractivity (Wildman–Crippen MR) is 136 cm³/mol. The molecule has 1 atom stereocenters. The van der Waals surface area contributed by atoms with Gasteiger partial charge in [-0.3, -0.25) is 9.59 Å². The minimum Gasteiger partial charge on any atom is -0.353 e. The van der Waals surface area contributed by atoms with Gasteiger partial charge in [-0.1, -0.05) is 54.1 Å². The van der Waals surface area contributed by atoms with Crippen LogP contribution in [0, 0.1) is 12.8 Å². The van der Waals surface area contributed by atoms with E-state index >= 15 is 0 Å². The third-order valence-electron chi connectivity index (χ3n) is 7.01. The van der Waals surface area contributed by atoms with Crippen LogP contribution in [0.1, 0.15) is 24.8 Å². The fraction of sp³-hybridized carbons (Fsp3) is 0.333. The molecule has 2 saturated heterocycles. The second kappa shape index (κ2) is 9.43.